The molecule has 42 heavy (non-hydrogen) atoms. The molecule has 0 aliphatic carbocycles. The van der Waals surface area contributed by atoms with Crippen LogP contribution in [0.4, 0.5) is 26.3 Å². The number of alkyl halides is 6. The lowest BCUT2D eigenvalue weighted by Gasteiger charge is -2.31. The maximum atomic E-state index is 13.8. The third kappa shape index (κ3) is 8.56. The summed E-state index contributed by atoms with van der Waals surface area (Å²) in [5.74, 6) is -1.99. The van der Waals surface area contributed by atoms with Gasteiger partial charge in [0.15, 0.2) is 0 Å². The van der Waals surface area contributed by atoms with E-state index in [1.165, 1.54) is 43.3 Å². The lowest BCUT2D eigenvalue weighted by atomic mass is 9.94. The largest absolute Gasteiger partial charge is 0.573 e. The number of ether oxygens (including phenoxy) is 2. The van der Waals surface area contributed by atoms with E-state index >= 15 is 0 Å². The monoisotopic (exact) mass is 616 g/mol. The van der Waals surface area contributed by atoms with Gasteiger partial charge in [-0.25, -0.2) is 9.59 Å². The fraction of sp³-hybridized carbons (Fsp3) is 0.400. The Kier molecular flexibility index (Phi) is 10.5. The van der Waals surface area contributed by atoms with Crippen molar-refractivity contribution in [3.8, 4) is 16.9 Å². The van der Waals surface area contributed by atoms with Gasteiger partial charge in [-0.2, -0.15) is 13.2 Å². The summed E-state index contributed by atoms with van der Waals surface area (Å²) in [6.07, 6.45) is -6.53. The molecule has 1 unspecified atom stereocenters. The number of benzene rings is 2. The summed E-state index contributed by atoms with van der Waals surface area (Å²) in [4.78, 5) is 24.9. The van der Waals surface area contributed by atoms with Crippen LogP contribution in [0.5, 0.6) is 5.75 Å². The third-order valence-corrected chi connectivity index (χ3v) is 7.82. The van der Waals surface area contributed by atoms with Gasteiger partial charge >= 0.3 is 24.1 Å². The number of carbonyl (C=O) groups excluding carboxylic acids is 1. The van der Waals surface area contributed by atoms with Gasteiger partial charge < -0.3 is 13.9 Å². The van der Waals surface area contributed by atoms with Crippen LogP contribution in [0, 0.1) is 5.41 Å². The Hall–Kier alpha value is -3.41. The highest BCUT2D eigenvalue weighted by Gasteiger charge is 2.52. The molecule has 2 aromatic carbocycles. The van der Waals surface area contributed by atoms with Crippen LogP contribution in [-0.4, -0.2) is 30.9 Å². The smallest absolute Gasteiger partial charge is 0.461 e. The van der Waals surface area contributed by atoms with E-state index in [-0.39, 0.29) is 22.3 Å². The van der Waals surface area contributed by atoms with Crippen LogP contribution in [0.1, 0.15) is 45.6 Å². The van der Waals surface area contributed by atoms with Crippen LogP contribution in [-0.2, 0) is 16.0 Å². The van der Waals surface area contributed by atoms with Crippen molar-refractivity contribution in [3.05, 3.63) is 70.6 Å². The molecule has 0 spiro atoms. The quantitative estimate of drug-likeness (QED) is 0.0506. The normalized spacial score (nSPS) is 13.5. The Morgan fingerprint density at radius 3 is 2.33 bits per heavy atom. The number of fused-ring (bicyclic) bond motifs is 1. The molecule has 0 N–H and O–H groups in total. The third-order valence-electron chi connectivity index (χ3n) is 6.45. The Morgan fingerprint density at radius 2 is 1.71 bits per heavy atom. The molecule has 0 saturated carbocycles. The Balaban J connectivity index is 1.90. The Labute approximate surface area is 242 Å². The van der Waals surface area contributed by atoms with E-state index in [9.17, 15) is 35.9 Å². The van der Waals surface area contributed by atoms with Crippen LogP contribution < -0.4 is 10.4 Å². The molecule has 5 nitrogen and oxygen atoms in total. The molecule has 0 saturated heterocycles. The van der Waals surface area contributed by atoms with Crippen LogP contribution in [0.2, 0.25) is 0 Å². The van der Waals surface area contributed by atoms with E-state index in [2.05, 4.69) is 11.3 Å². The second-order valence-electron chi connectivity index (χ2n) is 10.2. The maximum absolute atomic E-state index is 13.8. The molecule has 1 atom stereocenters. The van der Waals surface area contributed by atoms with E-state index in [0.29, 0.717) is 22.3 Å². The van der Waals surface area contributed by atoms with Crippen molar-refractivity contribution < 1.29 is 45.0 Å². The fourth-order valence-corrected chi connectivity index (χ4v) is 4.98. The number of esters is 1. The molecule has 1 aromatic heterocycles. The first-order valence-electron chi connectivity index (χ1n) is 13.0. The highest BCUT2D eigenvalue weighted by molar-refractivity contribution is 7.99. The zero-order valence-corrected chi connectivity index (χ0v) is 24.0. The molecule has 0 amide bonds. The standard InChI is InChI=1S/C30H30F6O5S/c1-5-6-7-8-19-9-12-22(25(13-19)41-30(34,35)36)23-14-20-10-11-21(15-24(20)40-27(23)38)42-17-28(4,29(31,32)33)16-39-26(37)18(2)3/h9-15H,2,5-8,16-17H2,1,3-4H3. The average molecular weight is 617 g/mol. The number of aryl methyl sites for hydroxylation is 1. The second-order valence-corrected chi connectivity index (χ2v) is 11.2. The van der Waals surface area contributed by atoms with Crippen molar-refractivity contribution in [2.45, 2.75) is 63.9 Å². The first-order chi connectivity index (χ1) is 19.5. The zero-order chi connectivity index (χ0) is 31.3. The predicted octanol–water partition coefficient (Wildman–Crippen LogP) is 8.87. The molecule has 1 heterocycles. The van der Waals surface area contributed by atoms with Crippen LogP contribution in [0.25, 0.3) is 22.1 Å². The van der Waals surface area contributed by atoms with Gasteiger partial charge in [-0.3, -0.25) is 0 Å². The van der Waals surface area contributed by atoms with Crippen molar-refractivity contribution in [2.75, 3.05) is 12.4 Å². The molecule has 0 aliphatic rings. The minimum atomic E-state index is -4.99. The minimum Gasteiger partial charge on any atom is -0.461 e. The molecule has 0 aliphatic heterocycles. The van der Waals surface area contributed by atoms with Gasteiger partial charge in [0, 0.05) is 27.2 Å². The number of halogens is 6. The molecule has 12 heteroatoms. The molecule has 3 rings (SSSR count). The second kappa shape index (κ2) is 13.3. The van der Waals surface area contributed by atoms with Gasteiger partial charge in [0.1, 0.15) is 23.4 Å². The number of unbranched alkanes of at least 4 members (excludes halogenated alkanes) is 2. The molecule has 228 valence electrons. The van der Waals surface area contributed by atoms with Gasteiger partial charge in [-0.15, -0.1) is 24.9 Å². The number of carbonyl (C=O) groups is 1. The van der Waals surface area contributed by atoms with E-state index in [0.717, 1.165) is 37.9 Å². The summed E-state index contributed by atoms with van der Waals surface area (Å²) in [5, 5.41) is 0.341. The maximum Gasteiger partial charge on any atom is 0.573 e. The molecule has 0 bridgehead atoms. The molecule has 3 aromatic rings. The lowest BCUT2D eigenvalue weighted by Crippen LogP contribution is -2.42. The molecular weight excluding hydrogens is 586 g/mol. The van der Waals surface area contributed by atoms with Gasteiger partial charge in [-0.05, 0) is 56.5 Å². The summed E-state index contributed by atoms with van der Waals surface area (Å²) in [7, 11) is 0. The summed E-state index contributed by atoms with van der Waals surface area (Å²) in [6, 6.07) is 9.96. The summed E-state index contributed by atoms with van der Waals surface area (Å²) in [6.45, 7) is 6.70. The van der Waals surface area contributed by atoms with E-state index < -0.39 is 47.7 Å². The highest BCUT2D eigenvalue weighted by atomic mass is 32.2. The fourth-order valence-electron chi connectivity index (χ4n) is 3.90. The van der Waals surface area contributed by atoms with Crippen molar-refractivity contribution in [3.63, 3.8) is 0 Å². The molecule has 0 radical (unpaired) electrons. The first-order valence-corrected chi connectivity index (χ1v) is 14.0. The Morgan fingerprint density at radius 1 is 1.00 bits per heavy atom. The van der Waals surface area contributed by atoms with Gasteiger partial charge in [0.25, 0.3) is 0 Å². The van der Waals surface area contributed by atoms with Crippen LogP contribution in [0.15, 0.2) is 68.7 Å². The summed E-state index contributed by atoms with van der Waals surface area (Å²) < 4.78 is 95.5. The number of hydrogen-bond acceptors (Lipinski definition) is 6. The van der Waals surface area contributed by atoms with Crippen molar-refractivity contribution in [1.29, 1.82) is 0 Å². The van der Waals surface area contributed by atoms with E-state index in [1.54, 1.807) is 6.07 Å². The van der Waals surface area contributed by atoms with Crippen molar-refractivity contribution in [2.24, 2.45) is 5.41 Å². The first kappa shape index (κ1) is 33.1. The zero-order valence-electron chi connectivity index (χ0n) is 23.2. The van der Waals surface area contributed by atoms with E-state index in [1.807, 2.05) is 6.92 Å². The lowest BCUT2D eigenvalue weighted by molar-refractivity contribution is -0.274. The minimum absolute atomic E-state index is 0.0314. The highest BCUT2D eigenvalue weighted by Crippen LogP contribution is 2.43. The predicted molar refractivity (Wildman–Crippen MR) is 148 cm³/mol. The van der Waals surface area contributed by atoms with Crippen molar-refractivity contribution in [1.82, 2.24) is 0 Å². The van der Waals surface area contributed by atoms with E-state index in [4.69, 9.17) is 9.15 Å². The Bertz CT molecular complexity index is 1490. The van der Waals surface area contributed by atoms with Gasteiger partial charge in [0.2, 0.25) is 0 Å². The van der Waals surface area contributed by atoms with Gasteiger partial charge in [0.05, 0.1) is 5.56 Å². The molecular formula is C30H30F6O5S. The van der Waals surface area contributed by atoms with Crippen LogP contribution in [0.3, 0.4) is 0 Å². The van der Waals surface area contributed by atoms with Crippen molar-refractivity contribution >= 4 is 28.7 Å². The SMILES string of the molecule is C=C(C)C(=O)OCC(C)(CSc1ccc2cc(-c3ccc(CCCCC)cc3OC(F)(F)F)c(=O)oc2c1)C(F)(F)F. The van der Waals surface area contributed by atoms with Gasteiger partial charge in [-0.1, -0.05) is 44.5 Å². The number of hydrogen-bond donors (Lipinski definition) is 0. The number of thioether (sulfide) groups is 1. The molecule has 0 fully saturated rings. The topological polar surface area (TPSA) is 65.7 Å². The van der Waals surface area contributed by atoms with Crippen LogP contribution >= 0.6 is 11.8 Å². The summed E-state index contributed by atoms with van der Waals surface area (Å²) >= 11 is 0.813. The average Bonchev–Trinajstić information content (AvgIpc) is 2.89. The summed E-state index contributed by atoms with van der Waals surface area (Å²) in [5.41, 5.74) is -2.97. The number of rotatable bonds is 12.